The number of hydrogen-bond acceptors (Lipinski definition) is 3. The van der Waals surface area contributed by atoms with Gasteiger partial charge in [0, 0.05) is 0 Å². The second-order valence-corrected chi connectivity index (χ2v) is 7.74. The molecule has 1 aromatic rings. The number of hydrogen-bond donors (Lipinski definition) is 1. The van der Waals surface area contributed by atoms with Crippen LogP contribution in [0.5, 0.6) is 5.75 Å². The summed E-state index contributed by atoms with van der Waals surface area (Å²) in [5.74, 6) is 0.471. The highest BCUT2D eigenvalue weighted by Crippen LogP contribution is 2.41. The van der Waals surface area contributed by atoms with Crippen LogP contribution in [0.1, 0.15) is 84.1 Å². The van der Waals surface area contributed by atoms with Gasteiger partial charge in [0.05, 0.1) is 5.41 Å². The van der Waals surface area contributed by atoms with Gasteiger partial charge in [-0.3, -0.25) is 4.79 Å². The minimum absolute atomic E-state index is 0.0422. The molecule has 24 heavy (non-hydrogen) atoms. The van der Waals surface area contributed by atoms with Crippen molar-refractivity contribution in [3.63, 3.8) is 0 Å². The Bertz CT molecular complexity index is 543. The van der Waals surface area contributed by atoms with Crippen LogP contribution in [0, 0.1) is 5.41 Å². The Labute approximate surface area is 146 Å². The Hall–Kier alpha value is -1.51. The maximum atomic E-state index is 13.0. The fraction of sp³-hybridized carbons (Fsp3) is 0.667. The topological polar surface area (TPSA) is 46.5 Å². The highest BCUT2D eigenvalue weighted by Gasteiger charge is 2.42. The lowest BCUT2D eigenvalue weighted by molar-refractivity contribution is -0.172. The third-order valence-corrected chi connectivity index (χ3v) is 5.96. The molecule has 1 saturated carbocycles. The summed E-state index contributed by atoms with van der Waals surface area (Å²) in [7, 11) is 0. The lowest BCUT2D eigenvalue weighted by Gasteiger charge is -2.35. The van der Waals surface area contributed by atoms with E-state index in [1.165, 1.54) is 0 Å². The van der Waals surface area contributed by atoms with Crippen LogP contribution in [0.4, 0.5) is 0 Å². The van der Waals surface area contributed by atoms with Crippen molar-refractivity contribution in [1.29, 1.82) is 0 Å². The molecule has 1 aliphatic carbocycles. The Morgan fingerprint density at radius 2 is 1.83 bits per heavy atom. The van der Waals surface area contributed by atoms with Gasteiger partial charge in [-0.25, -0.2) is 0 Å². The summed E-state index contributed by atoms with van der Waals surface area (Å²) < 4.78 is 6.08. The predicted molar refractivity (Wildman–Crippen MR) is 97.1 cm³/mol. The molecular weight excluding hydrogens is 300 g/mol. The van der Waals surface area contributed by atoms with Crippen LogP contribution < -0.4 is 0 Å². The van der Waals surface area contributed by atoms with E-state index in [9.17, 15) is 9.90 Å². The van der Waals surface area contributed by atoms with Crippen LogP contribution in [0.3, 0.4) is 0 Å². The number of phenolic OH excluding ortho intramolecular Hbond substituents is 1. The largest absolute Gasteiger partial charge is 0.508 e. The van der Waals surface area contributed by atoms with E-state index in [0.29, 0.717) is 0 Å². The monoisotopic (exact) mass is 332 g/mol. The average Bonchev–Trinajstić information content (AvgIpc) is 3.04. The molecule has 0 bridgehead atoms. The van der Waals surface area contributed by atoms with Crippen LogP contribution in [0.2, 0.25) is 0 Å². The quantitative estimate of drug-likeness (QED) is 0.664. The molecule has 1 N–H and O–H groups in total. The van der Waals surface area contributed by atoms with Crippen molar-refractivity contribution in [2.45, 2.75) is 84.2 Å². The minimum Gasteiger partial charge on any atom is -0.508 e. The van der Waals surface area contributed by atoms with Gasteiger partial charge in [-0.1, -0.05) is 32.9 Å². The molecule has 1 fully saturated rings. The normalized spacial score (nSPS) is 20.3. The molecule has 0 amide bonds. The van der Waals surface area contributed by atoms with Crippen molar-refractivity contribution in [2.24, 2.45) is 5.41 Å². The molecule has 3 nitrogen and oxygen atoms in total. The first-order valence-electron chi connectivity index (χ1n) is 9.36. The molecule has 134 valence electrons. The summed E-state index contributed by atoms with van der Waals surface area (Å²) in [5, 5.41) is 9.45. The summed E-state index contributed by atoms with van der Waals surface area (Å²) in [6, 6.07) is 7.29. The fourth-order valence-electron chi connectivity index (χ4n) is 3.84. The van der Waals surface area contributed by atoms with Gasteiger partial charge in [-0.15, -0.1) is 0 Å². The summed E-state index contributed by atoms with van der Waals surface area (Å²) in [5.41, 5.74) is 0.448. The van der Waals surface area contributed by atoms with Crippen molar-refractivity contribution in [3.8, 4) is 5.75 Å². The van der Waals surface area contributed by atoms with Crippen molar-refractivity contribution in [1.82, 2.24) is 0 Å². The number of esters is 1. The van der Waals surface area contributed by atoms with Gasteiger partial charge in [0.15, 0.2) is 0 Å². The second-order valence-electron chi connectivity index (χ2n) is 7.74. The van der Waals surface area contributed by atoms with E-state index in [0.717, 1.165) is 50.5 Å². The molecular formula is C21H32O3. The summed E-state index contributed by atoms with van der Waals surface area (Å²) in [6.07, 6.45) is 6.76. The van der Waals surface area contributed by atoms with Crippen LogP contribution in [-0.4, -0.2) is 16.7 Å². The molecule has 0 radical (unpaired) electrons. The zero-order valence-corrected chi connectivity index (χ0v) is 15.6. The molecule has 0 aromatic heterocycles. The van der Waals surface area contributed by atoms with Crippen LogP contribution in [0.15, 0.2) is 24.3 Å². The number of ether oxygens (including phenoxy) is 1. The molecule has 2 rings (SSSR count). The van der Waals surface area contributed by atoms with Crippen molar-refractivity contribution in [2.75, 3.05) is 0 Å². The number of rotatable bonds is 7. The van der Waals surface area contributed by atoms with E-state index in [-0.39, 0.29) is 23.2 Å². The fourth-order valence-corrected chi connectivity index (χ4v) is 3.84. The zero-order chi connectivity index (χ0) is 17.8. The third kappa shape index (κ3) is 4.12. The first-order valence-corrected chi connectivity index (χ1v) is 9.36. The number of carbonyl (C=O) groups excluding carboxylic acids is 1. The number of phenols is 1. The van der Waals surface area contributed by atoms with E-state index in [4.69, 9.17) is 4.74 Å². The van der Waals surface area contributed by atoms with Crippen molar-refractivity contribution >= 4 is 5.97 Å². The molecule has 0 heterocycles. The molecule has 2 unspecified atom stereocenters. The summed E-state index contributed by atoms with van der Waals surface area (Å²) in [6.45, 7) is 8.36. The smallest absolute Gasteiger partial charge is 0.312 e. The predicted octanol–water partition coefficient (Wildman–Crippen LogP) is 5.57. The van der Waals surface area contributed by atoms with Crippen molar-refractivity contribution < 1.29 is 14.6 Å². The second kappa shape index (κ2) is 7.58. The first-order chi connectivity index (χ1) is 11.3. The van der Waals surface area contributed by atoms with Gasteiger partial charge in [-0.05, 0) is 75.5 Å². The molecule has 2 atom stereocenters. The van der Waals surface area contributed by atoms with E-state index < -0.39 is 5.41 Å². The minimum atomic E-state index is -0.470. The van der Waals surface area contributed by atoms with Gasteiger partial charge in [0.25, 0.3) is 0 Å². The first kappa shape index (κ1) is 18.8. The van der Waals surface area contributed by atoms with Crippen LogP contribution in [-0.2, 0) is 9.53 Å². The van der Waals surface area contributed by atoms with E-state index in [2.05, 4.69) is 20.8 Å². The Morgan fingerprint density at radius 3 is 2.33 bits per heavy atom. The highest BCUT2D eigenvalue weighted by atomic mass is 16.6. The lowest BCUT2D eigenvalue weighted by Crippen LogP contribution is -2.39. The maximum absolute atomic E-state index is 13.0. The summed E-state index contributed by atoms with van der Waals surface area (Å²) >= 11 is 0. The molecule has 1 aliphatic rings. The van der Waals surface area contributed by atoms with Crippen molar-refractivity contribution in [3.05, 3.63) is 29.8 Å². The average molecular weight is 332 g/mol. The molecule has 0 aliphatic heterocycles. The Kier molecular flexibility index (Phi) is 5.95. The van der Waals surface area contributed by atoms with Gasteiger partial charge < -0.3 is 9.84 Å². The van der Waals surface area contributed by atoms with Crippen LogP contribution >= 0.6 is 0 Å². The lowest BCUT2D eigenvalue weighted by atomic mass is 9.77. The van der Waals surface area contributed by atoms with E-state index >= 15 is 0 Å². The summed E-state index contributed by atoms with van der Waals surface area (Å²) in [4.78, 5) is 13.0. The maximum Gasteiger partial charge on any atom is 0.312 e. The van der Waals surface area contributed by atoms with Gasteiger partial charge in [0.2, 0.25) is 0 Å². The standard InChI is InChI=1S/C21H32O3/c1-5-20(4,15-16(3)17-9-11-18(22)12-10-17)19(23)24-21(6-2)13-7-8-14-21/h9-12,16,22H,5-8,13-15H2,1-4H3. The molecule has 1 aromatic carbocycles. The Morgan fingerprint density at radius 1 is 1.25 bits per heavy atom. The van der Waals surface area contributed by atoms with Gasteiger partial charge in [-0.2, -0.15) is 0 Å². The van der Waals surface area contributed by atoms with Gasteiger partial charge >= 0.3 is 5.97 Å². The molecule has 0 spiro atoms. The SMILES string of the molecule is CCC1(OC(=O)C(C)(CC)CC(C)c2ccc(O)cc2)CCCC1. The van der Waals surface area contributed by atoms with Crippen LogP contribution in [0.25, 0.3) is 0 Å². The number of aromatic hydroxyl groups is 1. The number of carbonyl (C=O) groups is 1. The third-order valence-electron chi connectivity index (χ3n) is 5.96. The zero-order valence-electron chi connectivity index (χ0n) is 15.6. The van der Waals surface area contributed by atoms with Gasteiger partial charge in [0.1, 0.15) is 11.4 Å². The molecule has 0 saturated heterocycles. The van der Waals surface area contributed by atoms with E-state index in [1.807, 2.05) is 19.1 Å². The molecule has 3 heteroatoms. The van der Waals surface area contributed by atoms with E-state index in [1.54, 1.807) is 12.1 Å². The highest BCUT2D eigenvalue weighted by molar-refractivity contribution is 5.77. The Balaban J connectivity index is 2.08. The number of benzene rings is 1.